The van der Waals surface area contributed by atoms with E-state index in [9.17, 15) is 4.79 Å². The van der Waals surface area contributed by atoms with Crippen molar-refractivity contribution in [3.63, 3.8) is 0 Å². The normalized spacial score (nSPS) is 19.4. The number of aromatic nitrogens is 1. The maximum absolute atomic E-state index is 12.6. The average molecular weight is 303 g/mol. The van der Waals surface area contributed by atoms with Crippen LogP contribution in [0.2, 0.25) is 0 Å². The second-order valence-electron chi connectivity index (χ2n) is 6.84. The summed E-state index contributed by atoms with van der Waals surface area (Å²) in [6.45, 7) is 8.45. The molecular formula is C16H21N3OS. The van der Waals surface area contributed by atoms with Gasteiger partial charge in [-0.25, -0.2) is 4.98 Å². The molecule has 1 atom stereocenters. The first-order chi connectivity index (χ1) is 9.84. The molecule has 2 aromatic rings. The van der Waals surface area contributed by atoms with Crippen LogP contribution in [-0.4, -0.2) is 28.9 Å². The molecule has 2 N–H and O–H groups in total. The molecule has 1 aliphatic rings. The number of hydrogen-bond donors (Lipinski definition) is 1. The van der Waals surface area contributed by atoms with Crippen LogP contribution < -0.4 is 5.73 Å². The van der Waals surface area contributed by atoms with Crippen molar-refractivity contribution in [2.75, 3.05) is 18.8 Å². The summed E-state index contributed by atoms with van der Waals surface area (Å²) in [6, 6.07) is 5.65. The van der Waals surface area contributed by atoms with Gasteiger partial charge >= 0.3 is 0 Å². The minimum Gasteiger partial charge on any atom is -0.375 e. The van der Waals surface area contributed by atoms with Crippen LogP contribution in [0.1, 0.15) is 37.6 Å². The van der Waals surface area contributed by atoms with Crippen molar-refractivity contribution < 1.29 is 4.79 Å². The number of rotatable bonds is 1. The van der Waals surface area contributed by atoms with Crippen molar-refractivity contribution in [3.8, 4) is 0 Å². The van der Waals surface area contributed by atoms with Crippen LogP contribution >= 0.6 is 11.3 Å². The van der Waals surface area contributed by atoms with Crippen molar-refractivity contribution in [3.05, 3.63) is 23.8 Å². The second kappa shape index (κ2) is 4.98. The zero-order valence-electron chi connectivity index (χ0n) is 12.7. The summed E-state index contributed by atoms with van der Waals surface area (Å²) in [6.07, 6.45) is 1.09. The quantitative estimate of drug-likeness (QED) is 0.878. The molecule has 1 saturated heterocycles. The van der Waals surface area contributed by atoms with Gasteiger partial charge in [0.05, 0.1) is 10.2 Å². The van der Waals surface area contributed by atoms with Crippen molar-refractivity contribution in [2.24, 2.45) is 11.3 Å². The number of carbonyl (C=O) groups is 1. The van der Waals surface area contributed by atoms with Gasteiger partial charge in [0.1, 0.15) is 0 Å². The van der Waals surface area contributed by atoms with Gasteiger partial charge in [0, 0.05) is 18.7 Å². The fourth-order valence-electron chi connectivity index (χ4n) is 2.91. The molecule has 4 nitrogen and oxygen atoms in total. The van der Waals surface area contributed by atoms with Gasteiger partial charge in [-0.3, -0.25) is 4.79 Å². The summed E-state index contributed by atoms with van der Waals surface area (Å²) in [5, 5.41) is 0.545. The predicted octanol–water partition coefficient (Wildman–Crippen LogP) is 3.39. The molecule has 3 rings (SSSR count). The lowest BCUT2D eigenvalue weighted by Crippen LogP contribution is -2.31. The number of hydrogen-bond acceptors (Lipinski definition) is 4. The third-order valence-electron chi connectivity index (χ3n) is 4.35. The van der Waals surface area contributed by atoms with E-state index in [1.807, 2.05) is 23.1 Å². The Morgan fingerprint density at radius 1 is 1.43 bits per heavy atom. The molecule has 1 unspecified atom stereocenters. The molecule has 0 saturated carbocycles. The van der Waals surface area contributed by atoms with Crippen molar-refractivity contribution in [1.82, 2.24) is 9.88 Å². The summed E-state index contributed by atoms with van der Waals surface area (Å²) >= 11 is 1.43. The topological polar surface area (TPSA) is 59.2 Å². The molecule has 112 valence electrons. The summed E-state index contributed by atoms with van der Waals surface area (Å²) in [4.78, 5) is 18.8. The van der Waals surface area contributed by atoms with E-state index in [1.54, 1.807) is 0 Å². The van der Waals surface area contributed by atoms with Crippen LogP contribution in [0, 0.1) is 11.3 Å². The van der Waals surface area contributed by atoms with Gasteiger partial charge in [0.15, 0.2) is 5.13 Å². The first-order valence-electron chi connectivity index (χ1n) is 7.30. The highest BCUT2D eigenvalue weighted by molar-refractivity contribution is 7.22. The number of benzene rings is 1. The number of nitrogens with zero attached hydrogens (tertiary/aromatic N) is 2. The third-order valence-corrected chi connectivity index (χ3v) is 5.20. The van der Waals surface area contributed by atoms with Crippen LogP contribution in [0.5, 0.6) is 0 Å². The zero-order valence-corrected chi connectivity index (χ0v) is 13.5. The SMILES string of the molecule is CC(C)(C)C1CCN(C(=O)c2ccc3nc(N)sc3c2)C1. The molecule has 1 aromatic carbocycles. The molecule has 0 bridgehead atoms. The molecule has 1 aliphatic heterocycles. The fraction of sp³-hybridized carbons (Fsp3) is 0.500. The van der Waals surface area contributed by atoms with Gasteiger partial charge in [0.25, 0.3) is 5.91 Å². The number of amides is 1. The fourth-order valence-corrected chi connectivity index (χ4v) is 3.68. The van der Waals surface area contributed by atoms with Crippen molar-refractivity contribution in [2.45, 2.75) is 27.2 Å². The van der Waals surface area contributed by atoms with E-state index in [4.69, 9.17) is 5.73 Å². The highest BCUT2D eigenvalue weighted by Gasteiger charge is 2.34. The second-order valence-corrected chi connectivity index (χ2v) is 7.90. The lowest BCUT2D eigenvalue weighted by molar-refractivity contribution is 0.0777. The lowest BCUT2D eigenvalue weighted by Gasteiger charge is -2.27. The Morgan fingerprint density at radius 2 is 2.19 bits per heavy atom. The van der Waals surface area contributed by atoms with Crippen LogP contribution in [0.25, 0.3) is 10.2 Å². The zero-order chi connectivity index (χ0) is 15.2. The lowest BCUT2D eigenvalue weighted by atomic mass is 9.80. The molecule has 1 fully saturated rings. The monoisotopic (exact) mass is 303 g/mol. The van der Waals surface area contributed by atoms with Gasteiger partial charge in [-0.1, -0.05) is 32.1 Å². The van der Waals surface area contributed by atoms with E-state index in [-0.39, 0.29) is 11.3 Å². The Balaban J connectivity index is 1.81. The van der Waals surface area contributed by atoms with E-state index in [2.05, 4.69) is 25.8 Å². The largest absolute Gasteiger partial charge is 0.375 e. The smallest absolute Gasteiger partial charge is 0.253 e. The highest BCUT2D eigenvalue weighted by Crippen LogP contribution is 2.34. The van der Waals surface area contributed by atoms with Crippen LogP contribution in [0.15, 0.2) is 18.2 Å². The van der Waals surface area contributed by atoms with Gasteiger partial charge in [-0.15, -0.1) is 0 Å². The van der Waals surface area contributed by atoms with Gasteiger partial charge in [-0.05, 0) is 36.0 Å². The van der Waals surface area contributed by atoms with Crippen LogP contribution in [-0.2, 0) is 0 Å². The number of nitrogens with two attached hydrogens (primary N) is 1. The average Bonchev–Trinajstić information content (AvgIpc) is 3.01. The molecule has 2 heterocycles. The Morgan fingerprint density at radius 3 is 2.86 bits per heavy atom. The minimum absolute atomic E-state index is 0.121. The highest BCUT2D eigenvalue weighted by atomic mass is 32.1. The Bertz CT molecular complexity index is 686. The van der Waals surface area contributed by atoms with Gasteiger partial charge < -0.3 is 10.6 Å². The van der Waals surface area contributed by atoms with E-state index < -0.39 is 0 Å². The molecule has 1 aromatic heterocycles. The van der Waals surface area contributed by atoms with Crippen molar-refractivity contribution in [1.29, 1.82) is 0 Å². The summed E-state index contributed by atoms with van der Waals surface area (Å²) in [5.41, 5.74) is 7.57. The van der Waals surface area contributed by atoms with E-state index in [1.165, 1.54) is 11.3 Å². The third kappa shape index (κ3) is 2.75. The van der Waals surface area contributed by atoms with E-state index in [0.29, 0.717) is 11.0 Å². The first kappa shape index (κ1) is 14.3. The summed E-state index contributed by atoms with van der Waals surface area (Å²) in [7, 11) is 0. The first-order valence-corrected chi connectivity index (χ1v) is 8.11. The number of thiazole rings is 1. The molecule has 21 heavy (non-hydrogen) atoms. The molecule has 0 radical (unpaired) electrons. The Labute approximate surface area is 129 Å². The number of nitrogen functional groups attached to an aromatic ring is 1. The molecule has 0 aliphatic carbocycles. The van der Waals surface area contributed by atoms with Gasteiger partial charge in [0.2, 0.25) is 0 Å². The molecular weight excluding hydrogens is 282 g/mol. The minimum atomic E-state index is 0.121. The number of anilines is 1. The van der Waals surface area contributed by atoms with Crippen LogP contribution in [0.4, 0.5) is 5.13 Å². The number of likely N-dealkylation sites (tertiary alicyclic amines) is 1. The Kier molecular flexibility index (Phi) is 3.40. The summed E-state index contributed by atoms with van der Waals surface area (Å²) in [5.74, 6) is 0.694. The maximum Gasteiger partial charge on any atom is 0.253 e. The summed E-state index contributed by atoms with van der Waals surface area (Å²) < 4.78 is 0.977. The Hall–Kier alpha value is -1.62. The standard InChI is InChI=1S/C16H21N3OS/c1-16(2,3)11-6-7-19(9-11)14(20)10-4-5-12-13(8-10)21-15(17)18-12/h4-5,8,11H,6-7,9H2,1-3H3,(H2,17,18). The maximum atomic E-state index is 12.6. The predicted molar refractivity (Wildman–Crippen MR) is 87.5 cm³/mol. The van der Waals surface area contributed by atoms with Crippen LogP contribution in [0.3, 0.4) is 0 Å². The van der Waals surface area contributed by atoms with Crippen molar-refractivity contribution >= 4 is 32.6 Å². The van der Waals surface area contributed by atoms with E-state index >= 15 is 0 Å². The molecule has 5 heteroatoms. The molecule has 0 spiro atoms. The van der Waals surface area contributed by atoms with Gasteiger partial charge in [-0.2, -0.15) is 0 Å². The number of carbonyl (C=O) groups excluding carboxylic acids is 1. The molecule has 1 amide bonds. The number of fused-ring (bicyclic) bond motifs is 1. The van der Waals surface area contributed by atoms with E-state index in [0.717, 1.165) is 35.3 Å².